The number of ketones is 1. The molecule has 1 amide bonds. The maximum absolute atomic E-state index is 12.6. The van der Waals surface area contributed by atoms with Crippen LogP contribution >= 0.6 is 0 Å². The zero-order valence-electron chi connectivity index (χ0n) is 15.2. The Morgan fingerprint density at radius 3 is 2.89 bits per heavy atom. The van der Waals surface area contributed by atoms with Crippen molar-refractivity contribution in [2.24, 2.45) is 0 Å². The van der Waals surface area contributed by atoms with Crippen molar-refractivity contribution in [2.45, 2.75) is 38.5 Å². The number of nitrogens with zero attached hydrogens (tertiary/aromatic N) is 4. The van der Waals surface area contributed by atoms with Gasteiger partial charge in [0.1, 0.15) is 5.75 Å². The van der Waals surface area contributed by atoms with Gasteiger partial charge in [-0.2, -0.15) is 0 Å². The molecule has 0 spiro atoms. The van der Waals surface area contributed by atoms with E-state index < -0.39 is 0 Å². The van der Waals surface area contributed by atoms with Crippen LogP contribution in [0.1, 0.15) is 41.9 Å². The van der Waals surface area contributed by atoms with E-state index in [1.54, 1.807) is 35.4 Å². The molecule has 2 aromatic rings. The lowest BCUT2D eigenvalue weighted by atomic mass is 10.0. The standard InChI is InChI=1S/C19H22N4O4/c1-2-17(24)13-3-5-15(6-4-13)26-12-19(25)22-8-7-18-16(10-22)23-14(11-27-18)9-20-21-23/h3-6,9,16,18H,2,7-8,10-12H2,1H3/t16-,18+/m0/s1. The summed E-state index contributed by atoms with van der Waals surface area (Å²) in [5, 5.41) is 8.09. The first-order valence-corrected chi connectivity index (χ1v) is 9.20. The Balaban J connectivity index is 1.35. The van der Waals surface area contributed by atoms with E-state index in [0.717, 1.165) is 12.1 Å². The summed E-state index contributed by atoms with van der Waals surface area (Å²) in [6.07, 6.45) is 3.00. The fraction of sp³-hybridized carbons (Fsp3) is 0.474. The third kappa shape index (κ3) is 3.57. The Hall–Kier alpha value is -2.74. The summed E-state index contributed by atoms with van der Waals surface area (Å²) in [5.74, 6) is 0.586. The van der Waals surface area contributed by atoms with Crippen molar-refractivity contribution in [3.8, 4) is 5.75 Å². The van der Waals surface area contributed by atoms with Crippen LogP contribution in [-0.2, 0) is 16.1 Å². The Morgan fingerprint density at radius 1 is 1.30 bits per heavy atom. The minimum atomic E-state index is -0.0746. The topological polar surface area (TPSA) is 86.6 Å². The minimum Gasteiger partial charge on any atom is -0.484 e. The van der Waals surface area contributed by atoms with Crippen LogP contribution in [0.5, 0.6) is 5.75 Å². The summed E-state index contributed by atoms with van der Waals surface area (Å²) in [4.78, 5) is 26.0. The smallest absolute Gasteiger partial charge is 0.260 e. The normalized spacial score (nSPS) is 21.3. The van der Waals surface area contributed by atoms with Crippen LogP contribution in [0.3, 0.4) is 0 Å². The Bertz CT molecular complexity index is 832. The number of carbonyl (C=O) groups excluding carboxylic acids is 2. The van der Waals surface area contributed by atoms with E-state index >= 15 is 0 Å². The van der Waals surface area contributed by atoms with E-state index in [1.165, 1.54) is 0 Å². The molecular formula is C19H22N4O4. The van der Waals surface area contributed by atoms with Gasteiger partial charge in [0.2, 0.25) is 0 Å². The highest BCUT2D eigenvalue weighted by Crippen LogP contribution is 2.30. The molecule has 1 aromatic carbocycles. The van der Waals surface area contributed by atoms with Gasteiger partial charge in [-0.1, -0.05) is 12.1 Å². The van der Waals surface area contributed by atoms with Crippen LogP contribution in [-0.4, -0.2) is 57.4 Å². The molecule has 1 aromatic heterocycles. The molecule has 3 heterocycles. The zero-order chi connectivity index (χ0) is 18.8. The van der Waals surface area contributed by atoms with Crippen LogP contribution < -0.4 is 4.74 Å². The number of aromatic nitrogens is 3. The molecule has 4 rings (SSSR count). The monoisotopic (exact) mass is 370 g/mol. The third-order valence-corrected chi connectivity index (χ3v) is 5.14. The number of amides is 1. The van der Waals surface area contributed by atoms with Gasteiger partial charge >= 0.3 is 0 Å². The summed E-state index contributed by atoms with van der Waals surface area (Å²) in [6.45, 7) is 3.48. The predicted molar refractivity (Wildman–Crippen MR) is 95.4 cm³/mol. The van der Waals surface area contributed by atoms with E-state index in [2.05, 4.69) is 10.3 Å². The Labute approximate surface area is 157 Å². The number of fused-ring (bicyclic) bond motifs is 3. The highest BCUT2D eigenvalue weighted by atomic mass is 16.5. The van der Waals surface area contributed by atoms with Crippen LogP contribution in [0.15, 0.2) is 30.5 Å². The van der Waals surface area contributed by atoms with Gasteiger partial charge in [-0.25, -0.2) is 4.68 Å². The molecule has 8 heteroatoms. The zero-order valence-corrected chi connectivity index (χ0v) is 15.2. The number of hydrogen-bond acceptors (Lipinski definition) is 6. The molecule has 1 fully saturated rings. The number of rotatable bonds is 5. The van der Waals surface area contributed by atoms with E-state index in [9.17, 15) is 9.59 Å². The molecule has 0 aliphatic carbocycles. The second-order valence-corrected chi connectivity index (χ2v) is 6.80. The van der Waals surface area contributed by atoms with Crippen LogP contribution in [0.4, 0.5) is 0 Å². The maximum Gasteiger partial charge on any atom is 0.260 e. The van der Waals surface area contributed by atoms with Crippen LogP contribution in [0.25, 0.3) is 0 Å². The van der Waals surface area contributed by atoms with E-state index in [-0.39, 0.29) is 30.4 Å². The summed E-state index contributed by atoms with van der Waals surface area (Å²) in [5.41, 5.74) is 1.59. The average Bonchev–Trinajstić information content (AvgIpc) is 3.20. The number of benzene rings is 1. The molecule has 0 N–H and O–H groups in total. The van der Waals surface area contributed by atoms with E-state index in [1.807, 2.05) is 11.6 Å². The third-order valence-electron chi connectivity index (χ3n) is 5.14. The highest BCUT2D eigenvalue weighted by molar-refractivity contribution is 5.95. The van der Waals surface area contributed by atoms with Gasteiger partial charge in [0.15, 0.2) is 12.4 Å². The Kier molecular flexibility index (Phi) is 4.89. The number of hydrogen-bond donors (Lipinski definition) is 0. The molecule has 27 heavy (non-hydrogen) atoms. The van der Waals surface area contributed by atoms with Crippen molar-refractivity contribution in [1.82, 2.24) is 19.9 Å². The second kappa shape index (κ2) is 7.48. The highest BCUT2D eigenvalue weighted by Gasteiger charge is 2.37. The van der Waals surface area contributed by atoms with Crippen molar-refractivity contribution in [1.29, 1.82) is 0 Å². The molecule has 8 nitrogen and oxygen atoms in total. The van der Waals surface area contributed by atoms with Crippen LogP contribution in [0.2, 0.25) is 0 Å². The van der Waals surface area contributed by atoms with Crippen molar-refractivity contribution in [3.05, 3.63) is 41.7 Å². The molecule has 0 unspecified atom stereocenters. The molecule has 2 aliphatic rings. The number of likely N-dealkylation sites (tertiary alicyclic amines) is 1. The van der Waals surface area contributed by atoms with Crippen LogP contribution in [0, 0.1) is 0 Å². The fourth-order valence-corrected chi connectivity index (χ4v) is 3.58. The second-order valence-electron chi connectivity index (χ2n) is 6.80. The molecule has 0 bridgehead atoms. The summed E-state index contributed by atoms with van der Waals surface area (Å²) < 4.78 is 13.4. The lowest BCUT2D eigenvalue weighted by molar-refractivity contribution is -0.140. The van der Waals surface area contributed by atoms with Gasteiger partial charge in [-0.3, -0.25) is 9.59 Å². The lowest BCUT2D eigenvalue weighted by Crippen LogP contribution is -2.50. The SMILES string of the molecule is CCC(=O)c1ccc(OCC(=O)N2CC[C@H]3OCc4cnnn4[C@H]3C2)cc1. The van der Waals surface area contributed by atoms with Crippen molar-refractivity contribution in [2.75, 3.05) is 19.7 Å². The number of Topliss-reactive ketones (excluding diaryl/α,β-unsaturated/α-hetero) is 1. The van der Waals surface area contributed by atoms with E-state index in [4.69, 9.17) is 9.47 Å². The molecule has 142 valence electrons. The molecule has 1 saturated heterocycles. The van der Waals surface area contributed by atoms with Gasteiger partial charge in [0, 0.05) is 25.1 Å². The fourth-order valence-electron chi connectivity index (χ4n) is 3.58. The summed E-state index contributed by atoms with van der Waals surface area (Å²) in [7, 11) is 0. The summed E-state index contributed by atoms with van der Waals surface area (Å²) >= 11 is 0. The van der Waals surface area contributed by atoms with Gasteiger partial charge in [0.05, 0.1) is 30.6 Å². The van der Waals surface area contributed by atoms with Crippen molar-refractivity contribution in [3.63, 3.8) is 0 Å². The maximum atomic E-state index is 12.6. The quantitative estimate of drug-likeness (QED) is 0.744. The van der Waals surface area contributed by atoms with Crippen molar-refractivity contribution < 1.29 is 19.1 Å². The van der Waals surface area contributed by atoms with Crippen molar-refractivity contribution >= 4 is 11.7 Å². The largest absolute Gasteiger partial charge is 0.484 e. The first-order chi connectivity index (χ1) is 13.2. The summed E-state index contributed by atoms with van der Waals surface area (Å²) in [6, 6.07) is 6.89. The Morgan fingerprint density at radius 2 is 2.11 bits per heavy atom. The number of carbonyl (C=O) groups is 2. The first-order valence-electron chi connectivity index (χ1n) is 9.20. The van der Waals surface area contributed by atoms with Gasteiger partial charge < -0.3 is 14.4 Å². The number of piperidine rings is 1. The lowest BCUT2D eigenvalue weighted by Gasteiger charge is -2.40. The predicted octanol–water partition coefficient (Wildman–Crippen LogP) is 1.62. The first kappa shape index (κ1) is 17.7. The molecule has 2 atom stereocenters. The molecule has 0 radical (unpaired) electrons. The average molecular weight is 370 g/mol. The molecule has 0 saturated carbocycles. The molecular weight excluding hydrogens is 348 g/mol. The minimum absolute atomic E-state index is 0.00621. The molecule has 2 aliphatic heterocycles. The van der Waals surface area contributed by atoms with Gasteiger partial charge in [0.25, 0.3) is 5.91 Å². The van der Waals surface area contributed by atoms with Gasteiger partial charge in [-0.05, 0) is 30.7 Å². The van der Waals surface area contributed by atoms with E-state index in [0.29, 0.717) is 37.4 Å². The number of ether oxygens (including phenoxy) is 2. The van der Waals surface area contributed by atoms with Gasteiger partial charge in [-0.15, -0.1) is 5.10 Å².